The van der Waals surface area contributed by atoms with E-state index in [0.29, 0.717) is 27.4 Å². The van der Waals surface area contributed by atoms with Crippen LogP contribution in [0.1, 0.15) is 16.1 Å². The van der Waals surface area contributed by atoms with Crippen LogP contribution in [0.2, 0.25) is 0 Å². The summed E-state index contributed by atoms with van der Waals surface area (Å²) in [5, 5.41) is 15.8. The standard InChI is InChI=1S/C23H16BrN3O2S/c1-13-5-14(2)7-18(6-13)26-11-16(10-25)22-27-20(12-30-22)19-9-15-8-17(24)3-4-21(15)29-23(19)28/h3-9,11-12,26H,1-2H3/b16-11+. The molecule has 2 aromatic heterocycles. The molecule has 148 valence electrons. The summed E-state index contributed by atoms with van der Waals surface area (Å²) in [6.07, 6.45) is 1.64. The van der Waals surface area contributed by atoms with E-state index in [1.165, 1.54) is 11.3 Å². The van der Waals surface area contributed by atoms with Gasteiger partial charge in [0.25, 0.3) is 0 Å². The van der Waals surface area contributed by atoms with Crippen molar-refractivity contribution in [3.63, 3.8) is 0 Å². The number of benzene rings is 2. The number of aromatic nitrogens is 1. The Morgan fingerprint density at radius 1 is 1.20 bits per heavy atom. The van der Waals surface area contributed by atoms with E-state index < -0.39 is 5.63 Å². The van der Waals surface area contributed by atoms with Crippen LogP contribution in [0.3, 0.4) is 0 Å². The second kappa shape index (κ2) is 8.27. The molecule has 0 saturated carbocycles. The lowest BCUT2D eigenvalue weighted by Gasteiger charge is -2.05. The zero-order valence-electron chi connectivity index (χ0n) is 16.2. The summed E-state index contributed by atoms with van der Waals surface area (Å²) in [6, 6.07) is 15.5. The second-order valence-electron chi connectivity index (χ2n) is 6.86. The fourth-order valence-corrected chi connectivity index (χ4v) is 4.31. The lowest BCUT2D eigenvalue weighted by atomic mass is 10.1. The number of halogens is 1. The van der Waals surface area contributed by atoms with Gasteiger partial charge in [-0.25, -0.2) is 9.78 Å². The highest BCUT2D eigenvalue weighted by Gasteiger charge is 2.14. The molecule has 0 amide bonds. The molecular weight excluding hydrogens is 462 g/mol. The summed E-state index contributed by atoms with van der Waals surface area (Å²) < 4.78 is 6.31. The lowest BCUT2D eigenvalue weighted by molar-refractivity contribution is 0.563. The van der Waals surface area contributed by atoms with E-state index in [9.17, 15) is 10.1 Å². The van der Waals surface area contributed by atoms with Gasteiger partial charge in [0.05, 0.1) is 11.3 Å². The molecule has 2 aromatic carbocycles. The first-order valence-electron chi connectivity index (χ1n) is 9.08. The van der Waals surface area contributed by atoms with Crippen molar-refractivity contribution in [1.82, 2.24) is 4.98 Å². The van der Waals surface area contributed by atoms with Crippen molar-refractivity contribution in [1.29, 1.82) is 5.26 Å². The summed E-state index contributed by atoms with van der Waals surface area (Å²) in [4.78, 5) is 16.9. The fraction of sp³-hybridized carbons (Fsp3) is 0.0870. The van der Waals surface area contributed by atoms with Gasteiger partial charge in [-0.1, -0.05) is 22.0 Å². The van der Waals surface area contributed by atoms with Gasteiger partial charge in [-0.2, -0.15) is 5.26 Å². The van der Waals surface area contributed by atoms with Gasteiger partial charge in [-0.05, 0) is 61.4 Å². The monoisotopic (exact) mass is 477 g/mol. The molecule has 0 unspecified atom stereocenters. The highest BCUT2D eigenvalue weighted by molar-refractivity contribution is 9.10. The highest BCUT2D eigenvalue weighted by Crippen LogP contribution is 2.27. The predicted octanol–water partition coefficient (Wildman–Crippen LogP) is 6.27. The van der Waals surface area contributed by atoms with Crippen molar-refractivity contribution in [3.05, 3.63) is 85.1 Å². The molecule has 0 saturated heterocycles. The SMILES string of the molecule is Cc1cc(C)cc(N/C=C(\C#N)c2nc(-c3cc4cc(Br)ccc4oc3=O)cs2)c1. The predicted molar refractivity (Wildman–Crippen MR) is 124 cm³/mol. The topological polar surface area (TPSA) is 78.9 Å². The van der Waals surface area contributed by atoms with E-state index in [-0.39, 0.29) is 0 Å². The summed E-state index contributed by atoms with van der Waals surface area (Å²) in [5.41, 5.74) is 4.46. The van der Waals surface area contributed by atoms with Crippen molar-refractivity contribution < 1.29 is 4.42 Å². The number of rotatable bonds is 4. The quantitative estimate of drug-likeness (QED) is 0.276. The van der Waals surface area contributed by atoms with Gasteiger partial charge in [0.2, 0.25) is 0 Å². The van der Waals surface area contributed by atoms with E-state index in [1.54, 1.807) is 23.7 Å². The van der Waals surface area contributed by atoms with Gasteiger partial charge in [0, 0.05) is 27.1 Å². The van der Waals surface area contributed by atoms with Gasteiger partial charge in [0.1, 0.15) is 22.2 Å². The van der Waals surface area contributed by atoms with Crippen LogP contribution in [0.4, 0.5) is 5.69 Å². The third kappa shape index (κ3) is 4.20. The number of hydrogen-bond acceptors (Lipinski definition) is 6. The van der Waals surface area contributed by atoms with Crippen LogP contribution in [0.15, 0.2) is 67.7 Å². The lowest BCUT2D eigenvalue weighted by Crippen LogP contribution is -2.03. The molecule has 0 aliphatic carbocycles. The number of nitrogens with zero attached hydrogens (tertiary/aromatic N) is 2. The van der Waals surface area contributed by atoms with Crippen molar-refractivity contribution in [2.45, 2.75) is 13.8 Å². The molecule has 0 bridgehead atoms. The minimum atomic E-state index is -0.461. The molecule has 4 aromatic rings. The van der Waals surface area contributed by atoms with E-state index in [1.807, 2.05) is 38.1 Å². The molecule has 30 heavy (non-hydrogen) atoms. The molecule has 5 nitrogen and oxygen atoms in total. The van der Waals surface area contributed by atoms with Gasteiger partial charge in [-0.15, -0.1) is 11.3 Å². The summed E-state index contributed by atoms with van der Waals surface area (Å²) in [5.74, 6) is 0. The van der Waals surface area contributed by atoms with Crippen LogP contribution in [0.25, 0.3) is 27.8 Å². The molecule has 0 atom stereocenters. The molecule has 0 fully saturated rings. The first-order chi connectivity index (χ1) is 14.4. The maximum atomic E-state index is 12.4. The van der Waals surface area contributed by atoms with Gasteiger partial charge in [-0.3, -0.25) is 0 Å². The molecule has 7 heteroatoms. The molecular formula is C23H16BrN3O2S. The smallest absolute Gasteiger partial charge is 0.345 e. The van der Waals surface area contributed by atoms with Crippen molar-refractivity contribution in [2.75, 3.05) is 5.32 Å². The number of nitriles is 1. The Labute approximate surface area is 185 Å². The number of aryl methyl sites for hydroxylation is 2. The third-order valence-electron chi connectivity index (χ3n) is 4.43. The summed E-state index contributed by atoms with van der Waals surface area (Å²) in [6.45, 7) is 4.04. The minimum Gasteiger partial charge on any atom is -0.422 e. The van der Waals surface area contributed by atoms with Gasteiger partial charge in [0.15, 0.2) is 0 Å². The van der Waals surface area contributed by atoms with Crippen LogP contribution >= 0.6 is 27.3 Å². The molecule has 2 heterocycles. The van der Waals surface area contributed by atoms with Crippen molar-refractivity contribution in [2.24, 2.45) is 0 Å². The second-order valence-corrected chi connectivity index (χ2v) is 8.63. The number of anilines is 1. The molecule has 0 radical (unpaired) electrons. The van der Waals surface area contributed by atoms with Crippen LogP contribution < -0.4 is 10.9 Å². The van der Waals surface area contributed by atoms with E-state index >= 15 is 0 Å². The number of allylic oxidation sites excluding steroid dienone is 1. The Morgan fingerprint density at radius 3 is 2.70 bits per heavy atom. The van der Waals surface area contributed by atoms with Crippen LogP contribution in [0, 0.1) is 25.2 Å². The summed E-state index contributed by atoms with van der Waals surface area (Å²) in [7, 11) is 0. The third-order valence-corrected chi connectivity index (χ3v) is 5.80. The Bertz CT molecular complexity index is 1380. The molecule has 1 N–H and O–H groups in total. The maximum absolute atomic E-state index is 12.4. The normalized spacial score (nSPS) is 11.5. The number of fused-ring (bicyclic) bond motifs is 1. The first kappa shape index (κ1) is 20.1. The molecule has 0 spiro atoms. The zero-order chi connectivity index (χ0) is 21.3. The Hall–Kier alpha value is -3.21. The van der Waals surface area contributed by atoms with Crippen molar-refractivity contribution in [3.8, 4) is 17.3 Å². The van der Waals surface area contributed by atoms with Gasteiger partial charge >= 0.3 is 5.63 Å². The molecule has 0 aliphatic heterocycles. The zero-order valence-corrected chi connectivity index (χ0v) is 18.6. The fourth-order valence-electron chi connectivity index (χ4n) is 3.15. The van der Waals surface area contributed by atoms with Crippen LogP contribution in [-0.2, 0) is 0 Å². The van der Waals surface area contributed by atoms with Crippen LogP contribution in [-0.4, -0.2) is 4.98 Å². The van der Waals surface area contributed by atoms with Crippen molar-refractivity contribution >= 4 is 49.5 Å². The average molecular weight is 478 g/mol. The van der Waals surface area contributed by atoms with Crippen LogP contribution in [0.5, 0.6) is 0 Å². The Morgan fingerprint density at radius 2 is 1.97 bits per heavy atom. The van der Waals surface area contributed by atoms with E-state index in [2.05, 4.69) is 38.4 Å². The largest absolute Gasteiger partial charge is 0.422 e. The highest BCUT2D eigenvalue weighted by atomic mass is 79.9. The molecule has 0 aliphatic rings. The van der Waals surface area contributed by atoms with E-state index in [0.717, 1.165) is 26.7 Å². The van der Waals surface area contributed by atoms with Gasteiger partial charge < -0.3 is 9.73 Å². The number of thiazole rings is 1. The first-order valence-corrected chi connectivity index (χ1v) is 10.7. The summed E-state index contributed by atoms with van der Waals surface area (Å²) >= 11 is 4.73. The van der Waals surface area contributed by atoms with E-state index in [4.69, 9.17) is 4.42 Å². The maximum Gasteiger partial charge on any atom is 0.345 e. The average Bonchev–Trinajstić information content (AvgIpc) is 3.17. The minimum absolute atomic E-state index is 0.364. The Balaban J connectivity index is 1.67. The molecule has 4 rings (SSSR count). The number of hydrogen-bond donors (Lipinski definition) is 1. The number of nitrogens with one attached hydrogen (secondary N) is 1. The Kier molecular flexibility index (Phi) is 5.53.